The molecule has 0 heterocycles. The summed E-state index contributed by atoms with van der Waals surface area (Å²) in [5.41, 5.74) is 2.56. The van der Waals surface area contributed by atoms with Crippen molar-refractivity contribution in [3.8, 4) is 0 Å². The van der Waals surface area contributed by atoms with E-state index in [2.05, 4.69) is 53.3 Å². The third kappa shape index (κ3) is 3.00. The fraction of sp³-hybridized carbons (Fsp3) is 0.571. The summed E-state index contributed by atoms with van der Waals surface area (Å²) in [5.74, 6) is 0.878. The minimum atomic E-state index is 0.671. The van der Waals surface area contributed by atoms with Crippen molar-refractivity contribution in [2.24, 2.45) is 5.92 Å². The summed E-state index contributed by atoms with van der Waals surface area (Å²) in [6.45, 7) is 4.50. The lowest BCUT2D eigenvalue weighted by Crippen LogP contribution is -2.26. The molecule has 0 amide bonds. The fourth-order valence-electron chi connectivity index (χ4n) is 2.54. The standard InChI is InChI=1S/C14H20BrN/c1-10-4-3-5-12(8-10)16-13-6-7-14(15)11(2)9-13/h6-7,9-10,12,16H,3-5,8H2,1-2H3. The highest BCUT2D eigenvalue weighted by Gasteiger charge is 2.18. The van der Waals surface area contributed by atoms with Crippen LogP contribution < -0.4 is 5.32 Å². The maximum atomic E-state index is 3.66. The van der Waals surface area contributed by atoms with E-state index in [4.69, 9.17) is 0 Å². The molecule has 1 saturated carbocycles. The van der Waals surface area contributed by atoms with Crippen molar-refractivity contribution in [3.05, 3.63) is 28.2 Å². The van der Waals surface area contributed by atoms with Gasteiger partial charge in [-0.3, -0.25) is 0 Å². The zero-order valence-electron chi connectivity index (χ0n) is 10.1. The van der Waals surface area contributed by atoms with Gasteiger partial charge in [-0.1, -0.05) is 35.7 Å². The summed E-state index contributed by atoms with van der Waals surface area (Å²) in [7, 11) is 0. The third-order valence-corrected chi connectivity index (χ3v) is 4.35. The lowest BCUT2D eigenvalue weighted by atomic mass is 9.87. The molecule has 0 radical (unpaired) electrons. The average Bonchev–Trinajstić information content (AvgIpc) is 2.24. The van der Waals surface area contributed by atoms with E-state index in [-0.39, 0.29) is 0 Å². The molecule has 0 aromatic heterocycles. The molecule has 1 nitrogen and oxygen atoms in total. The molecule has 2 atom stereocenters. The van der Waals surface area contributed by atoms with Gasteiger partial charge >= 0.3 is 0 Å². The van der Waals surface area contributed by atoms with Gasteiger partial charge in [-0.15, -0.1) is 0 Å². The highest BCUT2D eigenvalue weighted by atomic mass is 79.9. The lowest BCUT2D eigenvalue weighted by Gasteiger charge is -2.28. The molecule has 1 aromatic rings. The van der Waals surface area contributed by atoms with Crippen LogP contribution in [0, 0.1) is 12.8 Å². The minimum absolute atomic E-state index is 0.671. The van der Waals surface area contributed by atoms with Crippen LogP contribution in [0.3, 0.4) is 0 Å². The Morgan fingerprint density at radius 2 is 2.12 bits per heavy atom. The summed E-state index contributed by atoms with van der Waals surface area (Å²) >= 11 is 3.54. The van der Waals surface area contributed by atoms with Crippen LogP contribution in [0.2, 0.25) is 0 Å². The Balaban J connectivity index is 2.00. The number of hydrogen-bond donors (Lipinski definition) is 1. The Kier molecular flexibility index (Phi) is 3.91. The van der Waals surface area contributed by atoms with Crippen molar-refractivity contribution < 1.29 is 0 Å². The first-order valence-electron chi connectivity index (χ1n) is 6.18. The quantitative estimate of drug-likeness (QED) is 0.825. The second-order valence-electron chi connectivity index (χ2n) is 5.08. The number of nitrogens with one attached hydrogen (secondary N) is 1. The Hall–Kier alpha value is -0.500. The first-order valence-corrected chi connectivity index (χ1v) is 6.97. The maximum Gasteiger partial charge on any atom is 0.0345 e. The zero-order valence-corrected chi connectivity index (χ0v) is 11.7. The van der Waals surface area contributed by atoms with Crippen molar-refractivity contribution in [3.63, 3.8) is 0 Å². The minimum Gasteiger partial charge on any atom is -0.382 e. The summed E-state index contributed by atoms with van der Waals surface area (Å²) < 4.78 is 1.19. The van der Waals surface area contributed by atoms with E-state index in [1.807, 2.05) is 0 Å². The van der Waals surface area contributed by atoms with E-state index >= 15 is 0 Å². The summed E-state index contributed by atoms with van der Waals surface area (Å²) in [4.78, 5) is 0. The Morgan fingerprint density at radius 3 is 2.81 bits per heavy atom. The van der Waals surface area contributed by atoms with Crippen LogP contribution in [0.25, 0.3) is 0 Å². The topological polar surface area (TPSA) is 12.0 Å². The molecule has 1 aliphatic rings. The molecule has 2 rings (SSSR count). The van der Waals surface area contributed by atoms with E-state index in [0.29, 0.717) is 6.04 Å². The molecule has 0 spiro atoms. The predicted octanol–water partition coefficient (Wildman–Crippen LogP) is 4.75. The molecular formula is C14H20BrN. The average molecular weight is 282 g/mol. The second-order valence-corrected chi connectivity index (χ2v) is 5.93. The summed E-state index contributed by atoms with van der Waals surface area (Å²) in [6, 6.07) is 7.19. The molecule has 16 heavy (non-hydrogen) atoms. The molecular weight excluding hydrogens is 262 g/mol. The van der Waals surface area contributed by atoms with Gasteiger partial charge in [-0.25, -0.2) is 0 Å². The van der Waals surface area contributed by atoms with Crippen LogP contribution in [0.15, 0.2) is 22.7 Å². The van der Waals surface area contributed by atoms with Gasteiger partial charge in [-0.05, 0) is 49.4 Å². The van der Waals surface area contributed by atoms with Crippen molar-refractivity contribution in [2.75, 3.05) is 5.32 Å². The second kappa shape index (κ2) is 5.22. The van der Waals surface area contributed by atoms with Gasteiger partial charge in [0.15, 0.2) is 0 Å². The van der Waals surface area contributed by atoms with Crippen LogP contribution in [0.4, 0.5) is 5.69 Å². The van der Waals surface area contributed by atoms with Crippen molar-refractivity contribution >= 4 is 21.6 Å². The molecule has 0 saturated heterocycles. The fourth-order valence-corrected chi connectivity index (χ4v) is 2.78. The molecule has 1 N–H and O–H groups in total. The highest BCUT2D eigenvalue weighted by molar-refractivity contribution is 9.10. The van der Waals surface area contributed by atoms with E-state index in [0.717, 1.165) is 5.92 Å². The molecule has 1 aliphatic carbocycles. The molecule has 1 aromatic carbocycles. The Bertz CT molecular complexity index is 362. The number of halogens is 1. The Labute approximate surface area is 107 Å². The largest absolute Gasteiger partial charge is 0.382 e. The SMILES string of the molecule is Cc1cc(NC2CCCC(C)C2)ccc1Br. The molecule has 0 bridgehead atoms. The zero-order chi connectivity index (χ0) is 11.5. The molecule has 0 aliphatic heterocycles. The van der Waals surface area contributed by atoms with Gasteiger partial charge in [0, 0.05) is 16.2 Å². The van der Waals surface area contributed by atoms with E-state index in [9.17, 15) is 0 Å². The number of aryl methyl sites for hydroxylation is 1. The van der Waals surface area contributed by atoms with Crippen LogP contribution in [-0.2, 0) is 0 Å². The van der Waals surface area contributed by atoms with Crippen LogP contribution in [-0.4, -0.2) is 6.04 Å². The van der Waals surface area contributed by atoms with Gasteiger partial charge in [0.1, 0.15) is 0 Å². The number of hydrogen-bond acceptors (Lipinski definition) is 1. The third-order valence-electron chi connectivity index (χ3n) is 3.47. The number of rotatable bonds is 2. The maximum absolute atomic E-state index is 3.66. The van der Waals surface area contributed by atoms with Gasteiger partial charge in [0.2, 0.25) is 0 Å². The van der Waals surface area contributed by atoms with E-state index in [1.54, 1.807) is 0 Å². The summed E-state index contributed by atoms with van der Waals surface area (Å²) in [5, 5.41) is 3.66. The Morgan fingerprint density at radius 1 is 1.31 bits per heavy atom. The predicted molar refractivity (Wildman–Crippen MR) is 73.9 cm³/mol. The van der Waals surface area contributed by atoms with Crippen molar-refractivity contribution in [2.45, 2.75) is 45.6 Å². The molecule has 2 unspecified atom stereocenters. The highest BCUT2D eigenvalue weighted by Crippen LogP contribution is 2.27. The smallest absolute Gasteiger partial charge is 0.0345 e. The first kappa shape index (κ1) is 12.0. The van der Waals surface area contributed by atoms with Gasteiger partial charge in [0.05, 0.1) is 0 Å². The van der Waals surface area contributed by atoms with Gasteiger partial charge < -0.3 is 5.32 Å². The number of anilines is 1. The normalized spacial score (nSPS) is 25.4. The number of benzene rings is 1. The van der Waals surface area contributed by atoms with Crippen LogP contribution >= 0.6 is 15.9 Å². The first-order chi connectivity index (χ1) is 7.65. The lowest BCUT2D eigenvalue weighted by molar-refractivity contribution is 0.358. The van der Waals surface area contributed by atoms with Crippen LogP contribution in [0.5, 0.6) is 0 Å². The van der Waals surface area contributed by atoms with Gasteiger partial charge in [-0.2, -0.15) is 0 Å². The van der Waals surface area contributed by atoms with Gasteiger partial charge in [0.25, 0.3) is 0 Å². The van der Waals surface area contributed by atoms with Crippen molar-refractivity contribution in [1.29, 1.82) is 0 Å². The van der Waals surface area contributed by atoms with Crippen LogP contribution in [0.1, 0.15) is 38.2 Å². The van der Waals surface area contributed by atoms with E-state index in [1.165, 1.54) is 41.4 Å². The molecule has 2 heteroatoms. The molecule has 88 valence electrons. The molecule has 1 fully saturated rings. The van der Waals surface area contributed by atoms with E-state index < -0.39 is 0 Å². The monoisotopic (exact) mass is 281 g/mol. The summed E-state index contributed by atoms with van der Waals surface area (Å²) in [6.07, 6.45) is 5.40. The van der Waals surface area contributed by atoms with Crippen molar-refractivity contribution in [1.82, 2.24) is 0 Å².